The molecule has 7 heteroatoms. The van der Waals surface area contributed by atoms with E-state index in [4.69, 9.17) is 23.7 Å². The van der Waals surface area contributed by atoms with Crippen molar-refractivity contribution in [2.45, 2.75) is 12.8 Å². The zero-order valence-electron chi connectivity index (χ0n) is 8.64. The number of carbonyl (C=O) groups excluding carboxylic acids is 1. The molecular formula is C9H13N5OS. The zero-order chi connectivity index (χ0) is 12.0. The number of thiocarbonyl (C=S) groups is 1. The second-order valence-corrected chi connectivity index (χ2v) is 3.55. The first kappa shape index (κ1) is 12.3. The summed E-state index contributed by atoms with van der Waals surface area (Å²) in [6, 6.07) is 0. The van der Waals surface area contributed by atoms with Gasteiger partial charge < -0.3 is 16.8 Å². The highest BCUT2D eigenvalue weighted by molar-refractivity contribution is 7.80. The Morgan fingerprint density at radius 3 is 2.69 bits per heavy atom. The van der Waals surface area contributed by atoms with Crippen LogP contribution in [-0.4, -0.2) is 27.4 Å². The van der Waals surface area contributed by atoms with E-state index in [1.54, 1.807) is 0 Å². The maximum Gasteiger partial charge on any atom is 0.217 e. The smallest absolute Gasteiger partial charge is 0.217 e. The Morgan fingerprint density at radius 1 is 1.38 bits per heavy atom. The monoisotopic (exact) mass is 239 g/mol. The molecular weight excluding hydrogens is 226 g/mol. The van der Waals surface area contributed by atoms with Gasteiger partial charge in [-0.05, 0) is 6.42 Å². The largest absolute Gasteiger partial charge is 0.388 e. The van der Waals surface area contributed by atoms with Gasteiger partial charge in [-0.2, -0.15) is 0 Å². The Kier molecular flexibility index (Phi) is 4.59. The van der Waals surface area contributed by atoms with Gasteiger partial charge in [-0.15, -0.1) is 0 Å². The summed E-state index contributed by atoms with van der Waals surface area (Å²) in [6.45, 7) is 0.567. The van der Waals surface area contributed by atoms with Gasteiger partial charge in [-0.25, -0.2) is 9.97 Å². The van der Waals surface area contributed by atoms with Gasteiger partial charge in [0.2, 0.25) is 5.91 Å². The van der Waals surface area contributed by atoms with Crippen LogP contribution in [0.4, 0.5) is 5.82 Å². The molecule has 0 radical (unpaired) electrons. The minimum Gasteiger partial charge on any atom is -0.388 e. The number of rotatable bonds is 6. The third kappa shape index (κ3) is 3.77. The fourth-order valence-electron chi connectivity index (χ4n) is 1.12. The van der Waals surface area contributed by atoms with Crippen molar-refractivity contribution in [3.05, 3.63) is 18.1 Å². The molecule has 1 heterocycles. The van der Waals surface area contributed by atoms with Crippen molar-refractivity contribution in [2.75, 3.05) is 11.9 Å². The van der Waals surface area contributed by atoms with E-state index in [1.165, 1.54) is 12.4 Å². The molecule has 0 aliphatic carbocycles. The average Bonchev–Trinajstić information content (AvgIpc) is 2.24. The molecule has 1 rings (SSSR count). The first-order valence-electron chi connectivity index (χ1n) is 4.74. The molecule has 0 aliphatic heterocycles. The van der Waals surface area contributed by atoms with E-state index in [1.807, 2.05) is 0 Å². The molecule has 5 N–H and O–H groups in total. The summed E-state index contributed by atoms with van der Waals surface area (Å²) in [7, 11) is 0. The highest BCUT2D eigenvalue weighted by Crippen LogP contribution is 2.07. The standard InChI is InChI=1S/C9H13N5OS/c10-6(15)2-1-3-13-9-7(8(11)16)12-4-5-14-9/h4-5H,1-3H2,(H2,10,15)(H2,11,16)(H,13,14). The number of carbonyl (C=O) groups is 1. The lowest BCUT2D eigenvalue weighted by molar-refractivity contribution is -0.118. The number of nitrogens with one attached hydrogen (secondary N) is 1. The Balaban J connectivity index is 2.53. The number of nitrogens with two attached hydrogens (primary N) is 2. The molecule has 0 saturated heterocycles. The minimum atomic E-state index is -0.324. The van der Waals surface area contributed by atoms with E-state index < -0.39 is 0 Å². The Labute approximate surface area is 98.4 Å². The number of hydrogen-bond donors (Lipinski definition) is 3. The zero-order valence-corrected chi connectivity index (χ0v) is 9.46. The summed E-state index contributed by atoms with van der Waals surface area (Å²) in [5.41, 5.74) is 11.0. The predicted octanol–water partition coefficient (Wildman–Crippen LogP) is -0.212. The summed E-state index contributed by atoms with van der Waals surface area (Å²) in [4.78, 5) is 18.8. The van der Waals surface area contributed by atoms with Crippen LogP contribution in [0.15, 0.2) is 12.4 Å². The van der Waals surface area contributed by atoms with Crippen LogP contribution in [-0.2, 0) is 4.79 Å². The van der Waals surface area contributed by atoms with Crippen LogP contribution in [0.3, 0.4) is 0 Å². The normalized spacial score (nSPS) is 9.75. The van der Waals surface area contributed by atoms with Crippen LogP contribution < -0.4 is 16.8 Å². The maximum atomic E-state index is 10.5. The van der Waals surface area contributed by atoms with Crippen molar-refractivity contribution in [1.29, 1.82) is 0 Å². The molecule has 0 bridgehead atoms. The third-order valence-electron chi connectivity index (χ3n) is 1.82. The van der Waals surface area contributed by atoms with Crippen molar-refractivity contribution < 1.29 is 4.79 Å². The maximum absolute atomic E-state index is 10.5. The first-order chi connectivity index (χ1) is 7.61. The molecule has 16 heavy (non-hydrogen) atoms. The quantitative estimate of drug-likeness (QED) is 0.468. The summed E-state index contributed by atoms with van der Waals surface area (Å²) in [5.74, 6) is 0.204. The van der Waals surface area contributed by atoms with Gasteiger partial charge in [0, 0.05) is 25.4 Å². The SMILES string of the molecule is NC(=O)CCCNc1nccnc1C(N)=S. The lowest BCUT2D eigenvalue weighted by Crippen LogP contribution is -2.17. The Bertz CT molecular complexity index is 395. The topological polar surface area (TPSA) is 107 Å². The van der Waals surface area contributed by atoms with Gasteiger partial charge in [-0.1, -0.05) is 12.2 Å². The lowest BCUT2D eigenvalue weighted by Gasteiger charge is -2.07. The summed E-state index contributed by atoms with van der Waals surface area (Å²) < 4.78 is 0. The molecule has 0 spiro atoms. The van der Waals surface area contributed by atoms with Crippen LogP contribution in [0.25, 0.3) is 0 Å². The van der Waals surface area contributed by atoms with E-state index in [-0.39, 0.29) is 10.9 Å². The van der Waals surface area contributed by atoms with Crippen LogP contribution in [0.2, 0.25) is 0 Å². The van der Waals surface area contributed by atoms with E-state index in [2.05, 4.69) is 15.3 Å². The third-order valence-corrected chi connectivity index (χ3v) is 2.02. The number of hydrogen-bond acceptors (Lipinski definition) is 5. The Hall–Kier alpha value is -1.76. The summed E-state index contributed by atoms with van der Waals surface area (Å²) in [5, 5.41) is 3.00. The van der Waals surface area contributed by atoms with Gasteiger partial charge in [0.15, 0.2) is 5.82 Å². The number of nitrogens with zero attached hydrogens (tertiary/aromatic N) is 2. The van der Waals surface area contributed by atoms with Gasteiger partial charge in [0.1, 0.15) is 10.7 Å². The van der Waals surface area contributed by atoms with Crippen molar-refractivity contribution >= 4 is 28.9 Å². The summed E-state index contributed by atoms with van der Waals surface area (Å²) >= 11 is 4.83. The van der Waals surface area contributed by atoms with E-state index in [9.17, 15) is 4.79 Å². The lowest BCUT2D eigenvalue weighted by atomic mass is 10.3. The van der Waals surface area contributed by atoms with Crippen molar-refractivity contribution in [2.24, 2.45) is 11.5 Å². The van der Waals surface area contributed by atoms with Crippen LogP contribution in [0, 0.1) is 0 Å². The van der Waals surface area contributed by atoms with Gasteiger partial charge in [0.05, 0.1) is 0 Å². The molecule has 1 amide bonds. The number of amides is 1. The average molecular weight is 239 g/mol. The van der Waals surface area contributed by atoms with E-state index in [0.717, 1.165) is 0 Å². The fraction of sp³-hybridized carbons (Fsp3) is 0.333. The Morgan fingerprint density at radius 2 is 2.06 bits per heavy atom. The number of primary amides is 1. The number of anilines is 1. The van der Waals surface area contributed by atoms with Crippen LogP contribution in [0.1, 0.15) is 18.5 Å². The molecule has 0 atom stereocenters. The molecule has 86 valence electrons. The van der Waals surface area contributed by atoms with E-state index >= 15 is 0 Å². The van der Waals surface area contributed by atoms with Crippen molar-refractivity contribution in [3.8, 4) is 0 Å². The minimum absolute atomic E-state index is 0.186. The second-order valence-electron chi connectivity index (χ2n) is 3.11. The first-order valence-corrected chi connectivity index (χ1v) is 5.15. The molecule has 1 aromatic rings. The molecule has 0 aromatic carbocycles. The fourth-order valence-corrected chi connectivity index (χ4v) is 1.27. The van der Waals surface area contributed by atoms with Crippen LogP contribution >= 0.6 is 12.2 Å². The predicted molar refractivity (Wildman–Crippen MR) is 64.8 cm³/mol. The van der Waals surface area contributed by atoms with Gasteiger partial charge in [0.25, 0.3) is 0 Å². The number of aromatic nitrogens is 2. The molecule has 0 saturated carbocycles. The molecule has 1 aromatic heterocycles. The molecule has 0 fully saturated rings. The van der Waals surface area contributed by atoms with Gasteiger partial charge in [-0.3, -0.25) is 4.79 Å². The molecule has 0 aliphatic rings. The highest BCUT2D eigenvalue weighted by Gasteiger charge is 2.06. The molecule has 6 nitrogen and oxygen atoms in total. The van der Waals surface area contributed by atoms with E-state index in [0.29, 0.717) is 30.9 Å². The highest BCUT2D eigenvalue weighted by atomic mass is 32.1. The summed E-state index contributed by atoms with van der Waals surface area (Å²) in [6.07, 6.45) is 4.01. The second kappa shape index (κ2) is 5.96. The van der Waals surface area contributed by atoms with Crippen molar-refractivity contribution in [3.63, 3.8) is 0 Å². The van der Waals surface area contributed by atoms with Gasteiger partial charge >= 0.3 is 0 Å². The molecule has 0 unspecified atom stereocenters. The van der Waals surface area contributed by atoms with Crippen molar-refractivity contribution in [1.82, 2.24) is 9.97 Å². The van der Waals surface area contributed by atoms with Crippen LogP contribution in [0.5, 0.6) is 0 Å².